The molecule has 0 spiro atoms. The van der Waals surface area contributed by atoms with Crippen molar-refractivity contribution in [3.8, 4) is 5.75 Å². The summed E-state index contributed by atoms with van der Waals surface area (Å²) in [7, 11) is 1.55. The lowest BCUT2D eigenvalue weighted by Crippen LogP contribution is -2.13. The van der Waals surface area contributed by atoms with Crippen LogP contribution in [0.25, 0.3) is 10.9 Å². The lowest BCUT2D eigenvalue weighted by Gasteiger charge is -2.14. The number of hydrogen-bond acceptors (Lipinski definition) is 2. The van der Waals surface area contributed by atoms with E-state index in [2.05, 4.69) is 4.98 Å². The molecule has 0 aliphatic carbocycles. The lowest BCUT2D eigenvalue weighted by molar-refractivity contribution is 0.406. The second-order valence-electron chi connectivity index (χ2n) is 4.68. The zero-order chi connectivity index (χ0) is 14.1. The highest BCUT2D eigenvalue weighted by molar-refractivity contribution is 5.80. The first-order valence-corrected chi connectivity index (χ1v) is 6.35. The molecular weight excluding hydrogens is 255 g/mol. The molecule has 1 heterocycles. The molecule has 3 aromatic rings. The molecule has 1 atom stereocenters. The SMILES string of the molecule is COc1ccc(F)cc1[C@@H](N)c1cc2ccccc2[nH]1. The molecule has 0 fully saturated rings. The van der Waals surface area contributed by atoms with Crippen molar-refractivity contribution in [3.05, 3.63) is 65.6 Å². The van der Waals surface area contributed by atoms with Crippen LogP contribution in [-0.2, 0) is 0 Å². The Kier molecular flexibility index (Phi) is 3.16. The maximum absolute atomic E-state index is 13.4. The van der Waals surface area contributed by atoms with E-state index < -0.39 is 6.04 Å². The first-order valence-electron chi connectivity index (χ1n) is 6.35. The van der Waals surface area contributed by atoms with Crippen molar-refractivity contribution < 1.29 is 9.13 Å². The molecule has 20 heavy (non-hydrogen) atoms. The van der Waals surface area contributed by atoms with E-state index in [0.717, 1.165) is 16.6 Å². The highest BCUT2D eigenvalue weighted by Gasteiger charge is 2.17. The minimum absolute atomic E-state index is 0.327. The Hall–Kier alpha value is -2.33. The number of H-pyrrole nitrogens is 1. The number of rotatable bonds is 3. The number of benzene rings is 2. The van der Waals surface area contributed by atoms with Crippen LogP contribution in [0.2, 0.25) is 0 Å². The molecule has 0 bridgehead atoms. The van der Waals surface area contributed by atoms with Crippen LogP contribution in [0.15, 0.2) is 48.5 Å². The maximum Gasteiger partial charge on any atom is 0.124 e. The van der Waals surface area contributed by atoms with Crippen LogP contribution >= 0.6 is 0 Å². The number of halogens is 1. The third-order valence-corrected chi connectivity index (χ3v) is 3.41. The monoisotopic (exact) mass is 270 g/mol. The first-order chi connectivity index (χ1) is 9.69. The largest absolute Gasteiger partial charge is 0.496 e. The van der Waals surface area contributed by atoms with Crippen LogP contribution in [0.5, 0.6) is 5.75 Å². The lowest BCUT2D eigenvalue weighted by atomic mass is 10.0. The summed E-state index contributed by atoms with van der Waals surface area (Å²) in [6.07, 6.45) is 0. The standard InChI is InChI=1S/C16H15FN2O/c1-20-15-7-6-11(17)9-12(15)16(18)14-8-10-4-2-3-5-13(10)19-14/h2-9,16,19H,18H2,1H3/t16-/m1/s1. The molecule has 0 saturated carbocycles. The summed E-state index contributed by atoms with van der Waals surface area (Å²) >= 11 is 0. The van der Waals surface area contributed by atoms with Crippen molar-refractivity contribution in [2.24, 2.45) is 5.73 Å². The van der Waals surface area contributed by atoms with Crippen molar-refractivity contribution in [1.82, 2.24) is 4.98 Å². The van der Waals surface area contributed by atoms with E-state index >= 15 is 0 Å². The Morgan fingerprint density at radius 3 is 2.70 bits per heavy atom. The third kappa shape index (κ3) is 2.14. The Morgan fingerprint density at radius 2 is 1.95 bits per heavy atom. The van der Waals surface area contributed by atoms with E-state index in [1.165, 1.54) is 12.1 Å². The van der Waals surface area contributed by atoms with Gasteiger partial charge in [0.25, 0.3) is 0 Å². The van der Waals surface area contributed by atoms with Gasteiger partial charge in [-0.3, -0.25) is 0 Å². The average molecular weight is 270 g/mol. The predicted octanol–water partition coefficient (Wildman–Crippen LogP) is 3.36. The Balaban J connectivity index is 2.07. The van der Waals surface area contributed by atoms with Crippen molar-refractivity contribution in [3.63, 3.8) is 0 Å². The number of nitrogens with two attached hydrogens (primary N) is 1. The Labute approximate surface area is 116 Å². The van der Waals surface area contributed by atoms with Gasteiger partial charge in [0, 0.05) is 16.8 Å². The molecule has 0 unspecified atom stereocenters. The van der Waals surface area contributed by atoms with Gasteiger partial charge in [-0.25, -0.2) is 4.39 Å². The molecule has 3 nitrogen and oxygen atoms in total. The zero-order valence-corrected chi connectivity index (χ0v) is 11.1. The number of fused-ring (bicyclic) bond motifs is 1. The molecule has 2 aromatic carbocycles. The van der Waals surface area contributed by atoms with Gasteiger partial charge in [-0.05, 0) is 35.7 Å². The molecule has 0 radical (unpaired) electrons. The molecule has 3 rings (SSSR count). The van der Waals surface area contributed by atoms with Gasteiger partial charge in [-0.15, -0.1) is 0 Å². The number of aromatic amines is 1. The van der Waals surface area contributed by atoms with E-state index in [0.29, 0.717) is 11.3 Å². The molecule has 4 heteroatoms. The summed E-state index contributed by atoms with van der Waals surface area (Å²) in [6, 6.07) is 13.8. The Bertz CT molecular complexity index is 718. The topological polar surface area (TPSA) is 51.0 Å². The summed E-state index contributed by atoms with van der Waals surface area (Å²) in [4.78, 5) is 3.26. The van der Waals surface area contributed by atoms with Crippen LogP contribution < -0.4 is 10.5 Å². The Morgan fingerprint density at radius 1 is 1.15 bits per heavy atom. The zero-order valence-electron chi connectivity index (χ0n) is 11.1. The highest BCUT2D eigenvalue weighted by Crippen LogP contribution is 2.30. The van der Waals surface area contributed by atoms with Gasteiger partial charge in [-0.1, -0.05) is 18.2 Å². The smallest absolute Gasteiger partial charge is 0.124 e. The van der Waals surface area contributed by atoms with Crippen LogP contribution in [0.1, 0.15) is 17.3 Å². The fraction of sp³-hybridized carbons (Fsp3) is 0.125. The summed E-state index contributed by atoms with van der Waals surface area (Å²) in [5.74, 6) is 0.255. The fourth-order valence-electron chi connectivity index (χ4n) is 2.38. The average Bonchev–Trinajstić information content (AvgIpc) is 2.90. The minimum atomic E-state index is -0.465. The molecule has 0 aliphatic rings. The van der Waals surface area contributed by atoms with Crippen LogP contribution in [0.4, 0.5) is 4.39 Å². The van der Waals surface area contributed by atoms with Crippen molar-refractivity contribution in [2.75, 3.05) is 7.11 Å². The highest BCUT2D eigenvalue weighted by atomic mass is 19.1. The fourth-order valence-corrected chi connectivity index (χ4v) is 2.38. The molecular formula is C16H15FN2O. The summed E-state index contributed by atoms with van der Waals surface area (Å²) in [6.45, 7) is 0. The van der Waals surface area contributed by atoms with Crippen molar-refractivity contribution >= 4 is 10.9 Å². The number of hydrogen-bond donors (Lipinski definition) is 2. The number of aromatic nitrogens is 1. The molecule has 0 saturated heterocycles. The van der Waals surface area contributed by atoms with Crippen LogP contribution in [-0.4, -0.2) is 12.1 Å². The summed E-state index contributed by atoms with van der Waals surface area (Å²) in [5.41, 5.74) is 8.71. The second-order valence-corrected chi connectivity index (χ2v) is 4.68. The first kappa shape index (κ1) is 12.7. The third-order valence-electron chi connectivity index (χ3n) is 3.41. The predicted molar refractivity (Wildman–Crippen MR) is 77.3 cm³/mol. The normalized spacial score (nSPS) is 12.6. The van der Waals surface area contributed by atoms with Crippen molar-refractivity contribution in [1.29, 1.82) is 0 Å². The number of nitrogens with one attached hydrogen (secondary N) is 1. The second kappa shape index (κ2) is 4.98. The van der Waals surface area contributed by atoms with Crippen molar-refractivity contribution in [2.45, 2.75) is 6.04 Å². The summed E-state index contributed by atoms with van der Waals surface area (Å²) < 4.78 is 18.7. The number of para-hydroxylation sites is 1. The quantitative estimate of drug-likeness (QED) is 0.766. The van der Waals surface area contributed by atoms with Gasteiger partial charge in [-0.2, -0.15) is 0 Å². The van der Waals surface area contributed by atoms with Gasteiger partial charge in [0.05, 0.1) is 13.2 Å². The van der Waals surface area contributed by atoms with E-state index in [1.807, 2.05) is 30.3 Å². The van der Waals surface area contributed by atoms with Gasteiger partial charge in [0.1, 0.15) is 11.6 Å². The van der Waals surface area contributed by atoms with E-state index in [9.17, 15) is 4.39 Å². The van der Waals surface area contributed by atoms with E-state index in [1.54, 1.807) is 13.2 Å². The van der Waals surface area contributed by atoms with Gasteiger partial charge in [0.15, 0.2) is 0 Å². The molecule has 0 amide bonds. The minimum Gasteiger partial charge on any atom is -0.496 e. The van der Waals surface area contributed by atoms with Gasteiger partial charge in [0.2, 0.25) is 0 Å². The molecule has 102 valence electrons. The summed E-state index contributed by atoms with van der Waals surface area (Å²) in [5, 5.41) is 1.08. The number of methoxy groups -OCH3 is 1. The van der Waals surface area contributed by atoms with Crippen LogP contribution in [0.3, 0.4) is 0 Å². The molecule has 3 N–H and O–H groups in total. The maximum atomic E-state index is 13.4. The van der Waals surface area contributed by atoms with Gasteiger partial charge >= 0.3 is 0 Å². The van der Waals surface area contributed by atoms with E-state index in [4.69, 9.17) is 10.5 Å². The molecule has 0 aliphatic heterocycles. The van der Waals surface area contributed by atoms with Gasteiger partial charge < -0.3 is 15.5 Å². The molecule has 1 aromatic heterocycles. The van der Waals surface area contributed by atoms with Crippen LogP contribution in [0, 0.1) is 5.82 Å². The van der Waals surface area contributed by atoms with E-state index in [-0.39, 0.29) is 5.82 Å². The number of ether oxygens (including phenoxy) is 1.